The van der Waals surface area contributed by atoms with Crippen molar-refractivity contribution in [2.45, 2.75) is 31.8 Å². The lowest BCUT2D eigenvalue weighted by Gasteiger charge is -2.33. The van der Waals surface area contributed by atoms with Crippen LogP contribution in [0.1, 0.15) is 40.0 Å². The quantitative estimate of drug-likeness (QED) is 0.317. The van der Waals surface area contributed by atoms with Crippen LogP contribution in [0.4, 0.5) is 5.69 Å². The van der Waals surface area contributed by atoms with Gasteiger partial charge in [0.2, 0.25) is 11.8 Å². The monoisotopic (exact) mass is 496 g/mol. The predicted molar refractivity (Wildman–Crippen MR) is 138 cm³/mol. The van der Waals surface area contributed by atoms with Gasteiger partial charge in [-0.1, -0.05) is 66.7 Å². The summed E-state index contributed by atoms with van der Waals surface area (Å²) in [5.41, 5.74) is 1.87. The number of Topliss-reactive ketones (excluding diaryl/α,β-unsaturated/α-hetero) is 1. The van der Waals surface area contributed by atoms with E-state index in [9.17, 15) is 19.2 Å². The minimum atomic E-state index is -1.46. The summed E-state index contributed by atoms with van der Waals surface area (Å²) in [6.07, 6.45) is 0.171. The Kier molecular flexibility index (Phi) is 6.25. The lowest BCUT2D eigenvalue weighted by molar-refractivity contribution is -0.152. The number of benzene rings is 3. The van der Waals surface area contributed by atoms with E-state index in [1.54, 1.807) is 24.3 Å². The maximum atomic E-state index is 14.1. The molecule has 0 saturated carbocycles. The number of nitrogens with one attached hydrogen (secondary N) is 1. The molecule has 4 atom stereocenters. The summed E-state index contributed by atoms with van der Waals surface area (Å²) in [7, 11) is 1.29. The molecule has 7 nitrogen and oxygen atoms in total. The van der Waals surface area contributed by atoms with Crippen molar-refractivity contribution in [2.75, 3.05) is 12.0 Å². The fourth-order valence-electron chi connectivity index (χ4n) is 5.85. The zero-order valence-electron chi connectivity index (χ0n) is 20.9. The molecule has 0 radical (unpaired) electrons. The Labute approximate surface area is 215 Å². The molecule has 7 heteroatoms. The number of rotatable bonds is 6. The maximum absolute atomic E-state index is 14.1. The van der Waals surface area contributed by atoms with Crippen molar-refractivity contribution in [3.05, 3.63) is 101 Å². The molecule has 3 aromatic carbocycles. The van der Waals surface area contributed by atoms with E-state index in [1.165, 1.54) is 14.0 Å². The molecule has 0 bridgehead atoms. The lowest BCUT2D eigenvalue weighted by atomic mass is 9.76. The van der Waals surface area contributed by atoms with Crippen LogP contribution in [0.5, 0.6) is 0 Å². The number of ketones is 1. The molecule has 0 spiro atoms. The largest absolute Gasteiger partial charge is 0.468 e. The van der Waals surface area contributed by atoms with Crippen LogP contribution in [-0.2, 0) is 25.5 Å². The molecule has 2 fully saturated rings. The topological polar surface area (TPSA) is 92.8 Å². The van der Waals surface area contributed by atoms with Gasteiger partial charge in [0.1, 0.15) is 5.54 Å². The maximum Gasteiger partial charge on any atom is 0.327 e. The highest BCUT2D eigenvalue weighted by atomic mass is 16.5. The van der Waals surface area contributed by atoms with Crippen LogP contribution in [0, 0.1) is 18.8 Å². The van der Waals surface area contributed by atoms with Gasteiger partial charge in [0.25, 0.3) is 0 Å². The minimum absolute atomic E-state index is 0.171. The molecule has 5 rings (SSSR count). The van der Waals surface area contributed by atoms with Crippen LogP contribution in [0.3, 0.4) is 0 Å². The summed E-state index contributed by atoms with van der Waals surface area (Å²) < 4.78 is 5.28. The highest BCUT2D eigenvalue weighted by Crippen LogP contribution is 2.51. The van der Waals surface area contributed by atoms with E-state index >= 15 is 0 Å². The Bertz CT molecular complexity index is 1400. The number of anilines is 1. The highest BCUT2D eigenvalue weighted by Gasteiger charge is 2.69. The third kappa shape index (κ3) is 3.96. The van der Waals surface area contributed by atoms with Crippen molar-refractivity contribution in [1.82, 2.24) is 5.32 Å². The van der Waals surface area contributed by atoms with Crippen LogP contribution in [0.2, 0.25) is 0 Å². The van der Waals surface area contributed by atoms with Gasteiger partial charge < -0.3 is 4.74 Å². The second-order valence-corrected chi connectivity index (χ2v) is 9.73. The number of amides is 2. The number of hydrogen-bond donors (Lipinski definition) is 1. The smallest absolute Gasteiger partial charge is 0.327 e. The number of nitrogens with zero attached hydrogens (tertiary/aromatic N) is 1. The molecule has 0 unspecified atom stereocenters. The number of hydrogen-bond acceptors (Lipinski definition) is 6. The van der Waals surface area contributed by atoms with Crippen LogP contribution in [0.15, 0.2) is 78.9 Å². The third-order valence-electron chi connectivity index (χ3n) is 7.56. The zero-order valence-corrected chi connectivity index (χ0v) is 20.9. The summed E-state index contributed by atoms with van der Waals surface area (Å²) in [5, 5.41) is 3.43. The number of ether oxygens (including phenoxy) is 1. The molecule has 0 aliphatic carbocycles. The van der Waals surface area contributed by atoms with Gasteiger partial charge in [0, 0.05) is 18.0 Å². The fraction of sp³-hybridized carbons (Fsp3) is 0.267. The van der Waals surface area contributed by atoms with Crippen molar-refractivity contribution in [3.63, 3.8) is 0 Å². The van der Waals surface area contributed by atoms with E-state index in [-0.39, 0.29) is 12.2 Å². The van der Waals surface area contributed by atoms with E-state index < -0.39 is 41.2 Å². The molecule has 2 aliphatic rings. The Morgan fingerprint density at radius 1 is 0.946 bits per heavy atom. The van der Waals surface area contributed by atoms with Gasteiger partial charge in [-0.15, -0.1) is 0 Å². The molecule has 0 aromatic heterocycles. The van der Waals surface area contributed by atoms with E-state index in [0.717, 1.165) is 21.6 Å². The van der Waals surface area contributed by atoms with Gasteiger partial charge in [-0.05, 0) is 42.7 Å². The average molecular weight is 497 g/mol. The molecule has 1 N–H and O–H groups in total. The van der Waals surface area contributed by atoms with Crippen LogP contribution in [0.25, 0.3) is 0 Å². The van der Waals surface area contributed by atoms with Gasteiger partial charge in [-0.2, -0.15) is 0 Å². The van der Waals surface area contributed by atoms with Crippen LogP contribution >= 0.6 is 0 Å². The lowest BCUT2D eigenvalue weighted by Crippen LogP contribution is -2.57. The molecule has 37 heavy (non-hydrogen) atoms. The van der Waals surface area contributed by atoms with E-state index in [1.807, 2.05) is 61.5 Å². The molecule has 2 saturated heterocycles. The van der Waals surface area contributed by atoms with Crippen LogP contribution in [-0.4, -0.2) is 36.2 Å². The van der Waals surface area contributed by atoms with Gasteiger partial charge in [-0.3, -0.25) is 24.5 Å². The highest BCUT2D eigenvalue weighted by molar-refractivity contribution is 6.24. The SMILES string of the molecule is COC(=O)[C@@]1(Cc2ccccc2)N[C@H](c2ccccc2C)[C@@H]2C(=O)N(c3cccc(C(C)=O)c3)C(=O)[C@H]21. The first kappa shape index (κ1) is 24.6. The fourth-order valence-corrected chi connectivity index (χ4v) is 5.85. The van der Waals surface area contributed by atoms with Gasteiger partial charge >= 0.3 is 5.97 Å². The number of fused-ring (bicyclic) bond motifs is 1. The third-order valence-corrected chi connectivity index (χ3v) is 7.56. The first-order chi connectivity index (χ1) is 17.8. The van der Waals surface area contributed by atoms with Gasteiger partial charge in [-0.25, -0.2) is 4.90 Å². The molecule has 2 amide bonds. The van der Waals surface area contributed by atoms with Crippen molar-refractivity contribution < 1.29 is 23.9 Å². The molecule has 2 heterocycles. The Balaban J connectivity index is 1.69. The van der Waals surface area contributed by atoms with Crippen molar-refractivity contribution in [3.8, 4) is 0 Å². The van der Waals surface area contributed by atoms with Crippen molar-refractivity contribution in [2.24, 2.45) is 11.8 Å². The first-order valence-electron chi connectivity index (χ1n) is 12.2. The summed E-state index contributed by atoms with van der Waals surface area (Å²) in [6, 6.07) is 22.9. The van der Waals surface area contributed by atoms with Crippen LogP contribution < -0.4 is 10.2 Å². The van der Waals surface area contributed by atoms with Gasteiger partial charge in [0.15, 0.2) is 5.78 Å². The summed E-state index contributed by atoms with van der Waals surface area (Å²) in [5.74, 6) is -3.50. The minimum Gasteiger partial charge on any atom is -0.468 e. The van der Waals surface area contributed by atoms with Gasteiger partial charge in [0.05, 0.1) is 24.6 Å². The number of imide groups is 1. The Morgan fingerprint density at radius 2 is 1.65 bits per heavy atom. The average Bonchev–Trinajstić information content (AvgIpc) is 3.38. The molecular formula is C30H28N2O5. The number of carbonyl (C=O) groups excluding carboxylic acids is 4. The van der Waals surface area contributed by atoms with E-state index in [2.05, 4.69) is 5.32 Å². The summed E-state index contributed by atoms with van der Waals surface area (Å²) in [6.45, 7) is 3.37. The number of aryl methyl sites for hydroxylation is 1. The first-order valence-corrected chi connectivity index (χ1v) is 12.2. The summed E-state index contributed by atoms with van der Waals surface area (Å²) in [4.78, 5) is 54.9. The van der Waals surface area contributed by atoms with E-state index in [4.69, 9.17) is 4.74 Å². The standard InChI is InChI=1S/C30H28N2O5/c1-18-10-7-8-15-23(18)26-24-25(30(31-26,29(36)37-3)17-20-11-5-4-6-12-20)28(35)32(27(24)34)22-14-9-13-21(16-22)19(2)33/h4-16,24-26,31H,17H2,1-3H3/t24-,25+,26-,30+/m1/s1. The predicted octanol–water partition coefficient (Wildman–Crippen LogP) is 3.80. The van der Waals surface area contributed by atoms with E-state index in [0.29, 0.717) is 11.3 Å². The summed E-state index contributed by atoms with van der Waals surface area (Å²) >= 11 is 0. The molecular weight excluding hydrogens is 468 g/mol. The van der Waals surface area contributed by atoms with Crippen molar-refractivity contribution in [1.29, 1.82) is 0 Å². The normalized spacial score (nSPS) is 24.7. The second kappa shape index (κ2) is 9.41. The molecule has 188 valence electrons. The molecule has 2 aliphatic heterocycles. The number of methoxy groups -OCH3 is 1. The number of carbonyl (C=O) groups is 4. The second-order valence-electron chi connectivity index (χ2n) is 9.73. The Morgan fingerprint density at radius 3 is 2.32 bits per heavy atom. The van der Waals surface area contributed by atoms with Crippen molar-refractivity contribution >= 4 is 29.3 Å². The molecule has 3 aromatic rings. The zero-order chi connectivity index (χ0) is 26.3. The Hall–Kier alpha value is -4.10. The number of esters is 1.